The Morgan fingerprint density at radius 1 is 1.10 bits per heavy atom. The van der Waals surface area contributed by atoms with Crippen LogP contribution in [0.15, 0.2) is 18.2 Å². The lowest BCUT2D eigenvalue weighted by Crippen LogP contribution is -2.46. The average molecular weight is 277 g/mol. The summed E-state index contributed by atoms with van der Waals surface area (Å²) in [6, 6.07) is 5.33. The van der Waals surface area contributed by atoms with Gasteiger partial charge in [0.2, 0.25) is 0 Å². The molecular weight excluding hydrogens is 253 g/mol. The third-order valence-electron chi connectivity index (χ3n) is 4.41. The first-order chi connectivity index (χ1) is 9.74. The van der Waals surface area contributed by atoms with Gasteiger partial charge in [-0.1, -0.05) is 12.1 Å². The molecule has 2 aliphatic rings. The molecule has 3 nitrogen and oxygen atoms in total. The summed E-state index contributed by atoms with van der Waals surface area (Å²) in [4.78, 5) is 5.04. The van der Waals surface area contributed by atoms with Crippen LogP contribution in [0.1, 0.15) is 24.0 Å². The molecule has 0 bridgehead atoms. The molecule has 0 unspecified atom stereocenters. The molecular formula is C16H24FN3. The predicted molar refractivity (Wildman–Crippen MR) is 78.7 cm³/mol. The molecule has 1 aromatic carbocycles. The Morgan fingerprint density at radius 2 is 1.80 bits per heavy atom. The molecule has 4 heteroatoms. The maximum Gasteiger partial charge on any atom is 0.127 e. The van der Waals surface area contributed by atoms with E-state index in [4.69, 9.17) is 5.73 Å². The minimum atomic E-state index is -0.189. The molecule has 20 heavy (non-hydrogen) atoms. The number of rotatable bonds is 5. The van der Waals surface area contributed by atoms with Crippen LogP contribution < -0.4 is 5.73 Å². The largest absolute Gasteiger partial charge is 0.326 e. The maximum atomic E-state index is 13.4. The summed E-state index contributed by atoms with van der Waals surface area (Å²) >= 11 is 0. The highest BCUT2D eigenvalue weighted by Crippen LogP contribution is 2.30. The SMILES string of the molecule is NCc1cc(CN2CCN(CC3CC3)CC2)ccc1F. The molecule has 2 N–H and O–H groups in total. The molecule has 1 saturated heterocycles. The zero-order valence-corrected chi connectivity index (χ0v) is 12.0. The molecule has 1 aliphatic heterocycles. The minimum absolute atomic E-state index is 0.189. The molecule has 0 radical (unpaired) electrons. The lowest BCUT2D eigenvalue weighted by Gasteiger charge is -2.34. The van der Waals surface area contributed by atoms with Gasteiger partial charge in [-0.05, 0) is 30.4 Å². The van der Waals surface area contributed by atoms with E-state index in [9.17, 15) is 4.39 Å². The molecule has 1 heterocycles. The van der Waals surface area contributed by atoms with Crippen LogP contribution in [0.3, 0.4) is 0 Å². The van der Waals surface area contributed by atoms with Crippen LogP contribution in [0.5, 0.6) is 0 Å². The van der Waals surface area contributed by atoms with Gasteiger partial charge in [-0.3, -0.25) is 4.90 Å². The highest BCUT2D eigenvalue weighted by molar-refractivity contribution is 5.25. The van der Waals surface area contributed by atoms with Crippen molar-refractivity contribution in [3.8, 4) is 0 Å². The molecule has 0 aromatic heterocycles. The van der Waals surface area contributed by atoms with Gasteiger partial charge in [-0.25, -0.2) is 4.39 Å². The number of piperazine rings is 1. The van der Waals surface area contributed by atoms with Gasteiger partial charge in [0, 0.05) is 51.4 Å². The van der Waals surface area contributed by atoms with Crippen molar-refractivity contribution in [2.24, 2.45) is 11.7 Å². The van der Waals surface area contributed by atoms with Crippen molar-refractivity contribution < 1.29 is 4.39 Å². The Hall–Kier alpha value is -0.970. The topological polar surface area (TPSA) is 32.5 Å². The fourth-order valence-electron chi connectivity index (χ4n) is 2.94. The van der Waals surface area contributed by atoms with E-state index in [1.807, 2.05) is 12.1 Å². The van der Waals surface area contributed by atoms with E-state index in [-0.39, 0.29) is 12.4 Å². The number of nitrogens with zero attached hydrogens (tertiary/aromatic N) is 2. The average Bonchev–Trinajstić information content (AvgIpc) is 3.27. The van der Waals surface area contributed by atoms with Crippen molar-refractivity contribution in [3.05, 3.63) is 35.1 Å². The second-order valence-corrected chi connectivity index (χ2v) is 6.15. The van der Waals surface area contributed by atoms with Gasteiger partial charge in [0.25, 0.3) is 0 Å². The van der Waals surface area contributed by atoms with Crippen molar-refractivity contribution in [2.75, 3.05) is 32.7 Å². The first-order valence-electron chi connectivity index (χ1n) is 7.66. The van der Waals surface area contributed by atoms with Gasteiger partial charge in [0.05, 0.1) is 0 Å². The van der Waals surface area contributed by atoms with Crippen LogP contribution >= 0.6 is 0 Å². The molecule has 1 saturated carbocycles. The van der Waals surface area contributed by atoms with Gasteiger partial charge in [-0.2, -0.15) is 0 Å². The molecule has 1 aliphatic carbocycles. The quantitative estimate of drug-likeness (QED) is 0.891. The lowest BCUT2D eigenvalue weighted by molar-refractivity contribution is 0.123. The third-order valence-corrected chi connectivity index (χ3v) is 4.41. The molecule has 110 valence electrons. The van der Waals surface area contributed by atoms with Gasteiger partial charge >= 0.3 is 0 Å². The first-order valence-corrected chi connectivity index (χ1v) is 7.66. The molecule has 0 atom stereocenters. The number of hydrogen-bond donors (Lipinski definition) is 1. The van der Waals surface area contributed by atoms with Crippen LogP contribution in [-0.2, 0) is 13.1 Å². The van der Waals surface area contributed by atoms with Crippen molar-refractivity contribution in [3.63, 3.8) is 0 Å². The fraction of sp³-hybridized carbons (Fsp3) is 0.625. The summed E-state index contributed by atoms with van der Waals surface area (Å²) in [5.74, 6) is 0.788. The van der Waals surface area contributed by atoms with Gasteiger partial charge < -0.3 is 10.6 Å². The fourth-order valence-corrected chi connectivity index (χ4v) is 2.94. The van der Waals surface area contributed by atoms with E-state index < -0.39 is 0 Å². The third kappa shape index (κ3) is 3.57. The Balaban J connectivity index is 1.51. The van der Waals surface area contributed by atoms with Crippen LogP contribution in [0.25, 0.3) is 0 Å². The van der Waals surface area contributed by atoms with Crippen LogP contribution in [0.4, 0.5) is 4.39 Å². The Labute approximate surface area is 120 Å². The molecule has 0 amide bonds. The summed E-state index contributed by atoms with van der Waals surface area (Å²) < 4.78 is 13.4. The Kier molecular flexibility index (Phi) is 4.34. The van der Waals surface area contributed by atoms with E-state index in [2.05, 4.69) is 9.80 Å². The Bertz CT molecular complexity index is 451. The minimum Gasteiger partial charge on any atom is -0.326 e. The van der Waals surface area contributed by atoms with Crippen molar-refractivity contribution in [1.29, 1.82) is 0 Å². The number of nitrogens with two attached hydrogens (primary N) is 1. The standard InChI is InChI=1S/C16H24FN3/c17-16-4-3-14(9-15(16)10-18)12-20-7-5-19(6-8-20)11-13-1-2-13/h3-4,9,13H,1-2,5-8,10-12,18H2. The van der Waals surface area contributed by atoms with E-state index in [0.717, 1.165) is 25.6 Å². The number of halogens is 1. The number of benzene rings is 1. The maximum absolute atomic E-state index is 13.4. The van der Waals surface area contributed by atoms with E-state index in [0.29, 0.717) is 5.56 Å². The van der Waals surface area contributed by atoms with Gasteiger partial charge in [0.15, 0.2) is 0 Å². The highest BCUT2D eigenvalue weighted by Gasteiger charge is 2.26. The summed E-state index contributed by atoms with van der Waals surface area (Å²) in [5.41, 5.74) is 7.35. The van der Waals surface area contributed by atoms with E-state index in [1.165, 1.54) is 38.0 Å². The zero-order valence-electron chi connectivity index (χ0n) is 12.0. The molecule has 2 fully saturated rings. The van der Waals surface area contributed by atoms with Gasteiger partial charge in [0.1, 0.15) is 5.82 Å². The van der Waals surface area contributed by atoms with Crippen LogP contribution in [0, 0.1) is 11.7 Å². The van der Waals surface area contributed by atoms with E-state index >= 15 is 0 Å². The summed E-state index contributed by atoms with van der Waals surface area (Å²) in [6.45, 7) is 7.04. The monoisotopic (exact) mass is 277 g/mol. The summed E-state index contributed by atoms with van der Waals surface area (Å²) in [6.07, 6.45) is 2.86. The van der Waals surface area contributed by atoms with Crippen LogP contribution in [0.2, 0.25) is 0 Å². The summed E-state index contributed by atoms with van der Waals surface area (Å²) in [7, 11) is 0. The smallest absolute Gasteiger partial charge is 0.127 e. The summed E-state index contributed by atoms with van der Waals surface area (Å²) in [5, 5.41) is 0. The highest BCUT2D eigenvalue weighted by atomic mass is 19.1. The molecule has 3 rings (SSSR count). The van der Waals surface area contributed by atoms with E-state index in [1.54, 1.807) is 6.07 Å². The number of hydrogen-bond acceptors (Lipinski definition) is 3. The normalized spacial score (nSPS) is 21.3. The molecule has 1 aromatic rings. The predicted octanol–water partition coefficient (Wildman–Crippen LogP) is 1.81. The first kappa shape index (κ1) is 14.0. The van der Waals surface area contributed by atoms with Crippen molar-refractivity contribution in [1.82, 2.24) is 9.80 Å². The zero-order chi connectivity index (χ0) is 13.9. The second-order valence-electron chi connectivity index (χ2n) is 6.15. The van der Waals surface area contributed by atoms with Crippen molar-refractivity contribution in [2.45, 2.75) is 25.9 Å². The van der Waals surface area contributed by atoms with Crippen molar-refractivity contribution >= 4 is 0 Å². The second kappa shape index (κ2) is 6.20. The molecule has 0 spiro atoms. The van der Waals surface area contributed by atoms with Crippen LogP contribution in [-0.4, -0.2) is 42.5 Å². The van der Waals surface area contributed by atoms with Gasteiger partial charge in [-0.15, -0.1) is 0 Å². The lowest BCUT2D eigenvalue weighted by atomic mass is 10.1. The Morgan fingerprint density at radius 3 is 2.45 bits per heavy atom.